The summed E-state index contributed by atoms with van der Waals surface area (Å²) in [7, 11) is 2.92. The number of ketones is 1. The number of aryl methyl sites for hydroxylation is 1. The van der Waals surface area contributed by atoms with E-state index in [0.29, 0.717) is 22.8 Å². The van der Waals surface area contributed by atoms with Gasteiger partial charge in [0.15, 0.2) is 5.76 Å². The maximum Gasteiger partial charge on any atom is 0.351 e. The summed E-state index contributed by atoms with van der Waals surface area (Å²) >= 11 is 1.53. The van der Waals surface area contributed by atoms with E-state index in [1.54, 1.807) is 36.4 Å². The average Bonchev–Trinajstić information content (AvgIpc) is 3.30. The van der Waals surface area contributed by atoms with Gasteiger partial charge in [-0.3, -0.25) is 4.79 Å². The first kappa shape index (κ1) is 19.7. The molecule has 6 nitrogen and oxygen atoms in total. The van der Waals surface area contributed by atoms with E-state index in [0.717, 1.165) is 10.4 Å². The SMILES string of the molecule is COc1cccc(OC)c1C(=O)Oc1ccc2c(c1)OC(=Cc1sccc1C)C2=O. The maximum atomic E-state index is 12.8. The molecule has 7 heteroatoms. The molecule has 0 aliphatic carbocycles. The minimum absolute atomic E-state index is 0.175. The fourth-order valence-corrected chi connectivity index (χ4v) is 3.94. The van der Waals surface area contributed by atoms with Crippen LogP contribution >= 0.6 is 11.3 Å². The van der Waals surface area contributed by atoms with Crippen LogP contribution in [0.15, 0.2) is 53.6 Å². The van der Waals surface area contributed by atoms with Crippen LogP contribution in [0.5, 0.6) is 23.0 Å². The Bertz CT molecular complexity index is 1150. The van der Waals surface area contributed by atoms with E-state index < -0.39 is 5.97 Å². The van der Waals surface area contributed by atoms with Gasteiger partial charge < -0.3 is 18.9 Å². The Hall–Kier alpha value is -3.58. The first-order valence-electron chi connectivity index (χ1n) is 9.07. The molecule has 0 saturated heterocycles. The Morgan fingerprint density at radius 2 is 1.80 bits per heavy atom. The van der Waals surface area contributed by atoms with Gasteiger partial charge in [-0.1, -0.05) is 6.07 Å². The van der Waals surface area contributed by atoms with E-state index in [1.165, 1.54) is 31.6 Å². The average molecular weight is 422 g/mol. The van der Waals surface area contributed by atoms with Crippen molar-refractivity contribution in [2.45, 2.75) is 6.92 Å². The van der Waals surface area contributed by atoms with E-state index in [2.05, 4.69) is 0 Å². The predicted molar refractivity (Wildman–Crippen MR) is 113 cm³/mol. The van der Waals surface area contributed by atoms with Crippen molar-refractivity contribution < 1.29 is 28.5 Å². The predicted octanol–water partition coefficient (Wildman–Crippen LogP) is 4.91. The highest BCUT2D eigenvalue weighted by Crippen LogP contribution is 2.36. The Morgan fingerprint density at radius 1 is 1.07 bits per heavy atom. The molecule has 3 aromatic rings. The zero-order chi connectivity index (χ0) is 21.3. The van der Waals surface area contributed by atoms with Crippen LogP contribution in [0.3, 0.4) is 0 Å². The Balaban J connectivity index is 1.60. The number of Topliss-reactive ketones (excluding diaryl/α,β-unsaturated/α-hetero) is 1. The third-order valence-electron chi connectivity index (χ3n) is 4.65. The zero-order valence-electron chi connectivity index (χ0n) is 16.6. The van der Waals surface area contributed by atoms with Gasteiger partial charge in [0.05, 0.1) is 19.8 Å². The molecule has 30 heavy (non-hydrogen) atoms. The standard InChI is InChI=1S/C23H18O6S/c1-13-9-10-30-20(13)12-19-22(24)15-8-7-14(11-18(15)29-19)28-23(25)21-16(26-2)5-4-6-17(21)27-3/h4-12H,1-3H3. The second kappa shape index (κ2) is 8.04. The first-order chi connectivity index (χ1) is 14.5. The van der Waals surface area contributed by atoms with Crippen molar-refractivity contribution in [3.63, 3.8) is 0 Å². The normalized spacial score (nSPS) is 13.7. The fourth-order valence-electron chi connectivity index (χ4n) is 3.09. The second-order valence-corrected chi connectivity index (χ2v) is 7.44. The largest absolute Gasteiger partial charge is 0.496 e. The molecule has 0 spiro atoms. The molecule has 1 aliphatic heterocycles. The van der Waals surface area contributed by atoms with Gasteiger partial charge in [0.1, 0.15) is 28.6 Å². The molecule has 0 saturated carbocycles. The summed E-state index contributed by atoms with van der Waals surface area (Å²) in [6, 6.07) is 11.6. The number of allylic oxidation sites excluding steroid dienone is 1. The lowest BCUT2D eigenvalue weighted by atomic mass is 10.1. The molecule has 0 atom stereocenters. The minimum atomic E-state index is -0.640. The van der Waals surface area contributed by atoms with Gasteiger partial charge in [0.25, 0.3) is 0 Å². The van der Waals surface area contributed by atoms with Crippen LogP contribution in [0.2, 0.25) is 0 Å². The highest BCUT2D eigenvalue weighted by Gasteiger charge is 2.29. The lowest BCUT2D eigenvalue weighted by molar-refractivity contribution is 0.0727. The smallest absolute Gasteiger partial charge is 0.351 e. The van der Waals surface area contributed by atoms with Crippen LogP contribution in [-0.4, -0.2) is 26.0 Å². The minimum Gasteiger partial charge on any atom is -0.496 e. The van der Waals surface area contributed by atoms with Crippen LogP contribution in [0.25, 0.3) is 6.08 Å². The molecule has 4 rings (SSSR count). The van der Waals surface area contributed by atoms with Gasteiger partial charge in [-0.05, 0) is 48.2 Å². The van der Waals surface area contributed by atoms with Gasteiger partial charge in [0.2, 0.25) is 5.78 Å². The number of fused-ring (bicyclic) bond motifs is 1. The summed E-state index contributed by atoms with van der Waals surface area (Å²) in [4.78, 5) is 26.3. The van der Waals surface area contributed by atoms with E-state index in [4.69, 9.17) is 18.9 Å². The van der Waals surface area contributed by atoms with E-state index in [-0.39, 0.29) is 22.9 Å². The van der Waals surface area contributed by atoms with Gasteiger partial charge >= 0.3 is 5.97 Å². The quantitative estimate of drug-likeness (QED) is 0.331. The molecule has 0 N–H and O–H groups in total. The molecule has 2 aromatic carbocycles. The molecular formula is C23H18O6S. The van der Waals surface area contributed by atoms with Crippen LogP contribution in [0, 0.1) is 6.92 Å². The van der Waals surface area contributed by atoms with Gasteiger partial charge in [-0.2, -0.15) is 0 Å². The lowest BCUT2D eigenvalue weighted by Gasteiger charge is -2.12. The third-order valence-corrected chi connectivity index (χ3v) is 5.61. The summed E-state index contributed by atoms with van der Waals surface area (Å²) in [6.07, 6.45) is 1.73. The second-order valence-electron chi connectivity index (χ2n) is 6.49. The van der Waals surface area contributed by atoms with Crippen molar-refractivity contribution in [3.8, 4) is 23.0 Å². The monoisotopic (exact) mass is 422 g/mol. The van der Waals surface area contributed by atoms with Crippen LogP contribution in [0.4, 0.5) is 0 Å². The number of ether oxygens (including phenoxy) is 4. The number of carbonyl (C=O) groups is 2. The van der Waals surface area contributed by atoms with Crippen molar-refractivity contribution in [1.29, 1.82) is 0 Å². The maximum absolute atomic E-state index is 12.8. The zero-order valence-corrected chi connectivity index (χ0v) is 17.4. The number of benzene rings is 2. The van der Waals surface area contributed by atoms with Gasteiger partial charge in [-0.25, -0.2) is 4.79 Å². The molecule has 1 aliphatic rings. The van der Waals surface area contributed by atoms with Crippen LogP contribution in [0.1, 0.15) is 31.2 Å². The summed E-state index contributed by atoms with van der Waals surface area (Å²) in [5, 5.41) is 1.96. The van der Waals surface area contributed by atoms with E-state index >= 15 is 0 Å². The number of thiophene rings is 1. The molecule has 0 radical (unpaired) electrons. The molecule has 152 valence electrons. The number of hydrogen-bond donors (Lipinski definition) is 0. The summed E-state index contributed by atoms with van der Waals surface area (Å²) < 4.78 is 21.7. The molecular weight excluding hydrogens is 404 g/mol. The Labute approximate surface area is 177 Å². The van der Waals surface area contributed by atoms with Crippen molar-refractivity contribution in [3.05, 3.63) is 75.2 Å². The number of hydrogen-bond acceptors (Lipinski definition) is 7. The van der Waals surface area contributed by atoms with Crippen molar-refractivity contribution in [1.82, 2.24) is 0 Å². The van der Waals surface area contributed by atoms with Crippen molar-refractivity contribution in [2.24, 2.45) is 0 Å². The topological polar surface area (TPSA) is 71.1 Å². The third kappa shape index (κ3) is 3.55. The highest BCUT2D eigenvalue weighted by molar-refractivity contribution is 7.11. The van der Waals surface area contributed by atoms with Gasteiger partial charge in [0, 0.05) is 17.0 Å². The highest BCUT2D eigenvalue weighted by atomic mass is 32.1. The first-order valence-corrected chi connectivity index (χ1v) is 9.95. The Kier molecular flexibility index (Phi) is 5.29. The number of methoxy groups -OCH3 is 2. The van der Waals surface area contributed by atoms with Crippen LogP contribution in [-0.2, 0) is 0 Å². The number of esters is 1. The summed E-state index contributed by atoms with van der Waals surface area (Å²) in [6.45, 7) is 1.97. The number of carbonyl (C=O) groups excluding carboxylic acids is 2. The molecule has 1 aromatic heterocycles. The van der Waals surface area contributed by atoms with Crippen molar-refractivity contribution in [2.75, 3.05) is 14.2 Å². The van der Waals surface area contributed by atoms with Crippen molar-refractivity contribution >= 4 is 29.2 Å². The van der Waals surface area contributed by atoms with Gasteiger partial charge in [-0.15, -0.1) is 11.3 Å². The fraction of sp³-hybridized carbons (Fsp3) is 0.130. The molecule has 0 fully saturated rings. The van der Waals surface area contributed by atoms with E-state index in [1.807, 2.05) is 18.4 Å². The van der Waals surface area contributed by atoms with Crippen LogP contribution < -0.4 is 18.9 Å². The van der Waals surface area contributed by atoms with E-state index in [9.17, 15) is 9.59 Å². The summed E-state index contributed by atoms with van der Waals surface area (Å²) in [5.41, 5.74) is 1.67. The molecule has 2 heterocycles. The Morgan fingerprint density at radius 3 is 2.43 bits per heavy atom. The molecule has 0 bridgehead atoms. The molecule has 0 amide bonds. The number of rotatable bonds is 5. The lowest BCUT2D eigenvalue weighted by Crippen LogP contribution is -2.12. The summed E-state index contributed by atoms with van der Waals surface area (Å²) in [5.74, 6) is 0.656. The molecule has 0 unspecified atom stereocenters.